The summed E-state index contributed by atoms with van der Waals surface area (Å²) in [7, 11) is 0. The molecule has 1 aromatic carbocycles. The predicted octanol–water partition coefficient (Wildman–Crippen LogP) is 2.61. The lowest BCUT2D eigenvalue weighted by molar-refractivity contribution is 0.0937. The molecule has 132 valence electrons. The number of nitrogens with one attached hydrogen (secondary N) is 3. The molecule has 1 saturated carbocycles. The zero-order valence-corrected chi connectivity index (χ0v) is 14.8. The normalized spacial score (nSPS) is 18.8. The summed E-state index contributed by atoms with van der Waals surface area (Å²) in [5.41, 5.74) is 5.38. The maximum atomic E-state index is 12.8. The summed E-state index contributed by atoms with van der Waals surface area (Å²) in [5.74, 6) is -0.0554. The molecular formula is C20H26N4O. The summed E-state index contributed by atoms with van der Waals surface area (Å²) >= 11 is 0. The number of aryl methyl sites for hydroxylation is 1. The summed E-state index contributed by atoms with van der Waals surface area (Å²) in [6.45, 7) is 4.47. The van der Waals surface area contributed by atoms with E-state index < -0.39 is 0 Å². The van der Waals surface area contributed by atoms with Gasteiger partial charge in [-0.15, -0.1) is 0 Å². The molecule has 0 bridgehead atoms. The molecule has 0 unspecified atom stereocenters. The second-order valence-corrected chi connectivity index (χ2v) is 7.50. The van der Waals surface area contributed by atoms with E-state index in [0.717, 1.165) is 43.6 Å². The fourth-order valence-electron chi connectivity index (χ4n) is 4.34. The first-order valence-corrected chi connectivity index (χ1v) is 9.30. The van der Waals surface area contributed by atoms with Gasteiger partial charge in [0, 0.05) is 42.7 Å². The van der Waals surface area contributed by atoms with Crippen LogP contribution in [0.3, 0.4) is 0 Å². The van der Waals surface area contributed by atoms with Crippen LogP contribution in [0, 0.1) is 6.92 Å². The highest BCUT2D eigenvalue weighted by Crippen LogP contribution is 2.40. The summed E-state index contributed by atoms with van der Waals surface area (Å²) in [6, 6.07) is 8.75. The smallest absolute Gasteiger partial charge is 0.272 e. The van der Waals surface area contributed by atoms with Gasteiger partial charge in [-0.3, -0.25) is 9.89 Å². The average molecular weight is 338 g/mol. The number of H-pyrrole nitrogens is 1. The molecule has 2 aliphatic rings. The van der Waals surface area contributed by atoms with Gasteiger partial charge in [-0.05, 0) is 25.3 Å². The van der Waals surface area contributed by atoms with Crippen molar-refractivity contribution in [3.63, 3.8) is 0 Å². The van der Waals surface area contributed by atoms with Crippen LogP contribution in [0.2, 0.25) is 0 Å². The van der Waals surface area contributed by atoms with Crippen molar-refractivity contribution >= 4 is 5.91 Å². The van der Waals surface area contributed by atoms with E-state index in [2.05, 4.69) is 52.0 Å². The average Bonchev–Trinajstić information content (AvgIpc) is 3.28. The largest absolute Gasteiger partial charge is 0.350 e. The number of aromatic nitrogens is 2. The Hall–Kier alpha value is -2.14. The highest BCUT2D eigenvalue weighted by atomic mass is 16.1. The second-order valence-electron chi connectivity index (χ2n) is 7.50. The summed E-state index contributed by atoms with van der Waals surface area (Å²) in [5, 5.41) is 13.8. The molecule has 2 aromatic rings. The van der Waals surface area contributed by atoms with E-state index in [-0.39, 0.29) is 11.3 Å². The highest BCUT2D eigenvalue weighted by molar-refractivity contribution is 5.94. The lowest BCUT2D eigenvalue weighted by Gasteiger charge is -2.30. The Morgan fingerprint density at radius 3 is 2.96 bits per heavy atom. The fourth-order valence-corrected chi connectivity index (χ4v) is 4.34. The minimum Gasteiger partial charge on any atom is -0.350 e. The van der Waals surface area contributed by atoms with Crippen LogP contribution in [0.25, 0.3) is 0 Å². The van der Waals surface area contributed by atoms with Gasteiger partial charge in [-0.2, -0.15) is 5.10 Å². The van der Waals surface area contributed by atoms with Gasteiger partial charge in [0.1, 0.15) is 0 Å². The van der Waals surface area contributed by atoms with Gasteiger partial charge in [0.25, 0.3) is 5.91 Å². The first kappa shape index (κ1) is 16.3. The molecule has 0 atom stereocenters. The molecule has 25 heavy (non-hydrogen) atoms. The Kier molecular flexibility index (Phi) is 4.34. The maximum absolute atomic E-state index is 12.8. The molecule has 5 nitrogen and oxygen atoms in total. The number of carbonyl (C=O) groups excluding carboxylic acids is 1. The van der Waals surface area contributed by atoms with E-state index in [4.69, 9.17) is 0 Å². The molecule has 4 rings (SSSR count). The molecule has 1 amide bonds. The molecule has 1 aliphatic carbocycles. The third-order valence-electron chi connectivity index (χ3n) is 5.80. The van der Waals surface area contributed by atoms with Crippen molar-refractivity contribution in [1.82, 2.24) is 20.8 Å². The third kappa shape index (κ3) is 3.09. The maximum Gasteiger partial charge on any atom is 0.272 e. The van der Waals surface area contributed by atoms with Crippen molar-refractivity contribution in [2.45, 2.75) is 51.0 Å². The zero-order chi connectivity index (χ0) is 17.3. The first-order valence-electron chi connectivity index (χ1n) is 9.30. The van der Waals surface area contributed by atoms with Crippen LogP contribution in [0.1, 0.15) is 58.6 Å². The minimum atomic E-state index is -0.0554. The van der Waals surface area contributed by atoms with E-state index in [1.54, 1.807) is 0 Å². The zero-order valence-electron chi connectivity index (χ0n) is 14.8. The molecular weight excluding hydrogens is 312 g/mol. The van der Waals surface area contributed by atoms with Gasteiger partial charge in [-0.1, -0.05) is 42.7 Å². The summed E-state index contributed by atoms with van der Waals surface area (Å²) in [6.07, 6.45) is 5.63. The van der Waals surface area contributed by atoms with Crippen LogP contribution in [0.5, 0.6) is 0 Å². The number of rotatable bonds is 4. The van der Waals surface area contributed by atoms with Crippen LogP contribution in [-0.4, -0.2) is 29.2 Å². The molecule has 1 fully saturated rings. The standard InChI is InChI=1S/C20H26N4O/c1-14-5-4-6-15(11-14)20(8-2-3-9-20)13-22-19(25)18-16-12-21-10-7-17(16)23-24-18/h4-6,11,21H,2-3,7-10,12-13H2,1H3,(H,22,25)(H,23,24). The number of nitrogens with zero attached hydrogens (tertiary/aromatic N) is 1. The fraction of sp³-hybridized carbons (Fsp3) is 0.500. The summed E-state index contributed by atoms with van der Waals surface area (Å²) in [4.78, 5) is 12.8. The van der Waals surface area contributed by atoms with Crippen molar-refractivity contribution in [2.75, 3.05) is 13.1 Å². The number of fused-ring (bicyclic) bond motifs is 1. The third-order valence-corrected chi connectivity index (χ3v) is 5.80. The van der Waals surface area contributed by atoms with E-state index >= 15 is 0 Å². The number of carbonyl (C=O) groups is 1. The molecule has 0 spiro atoms. The summed E-state index contributed by atoms with van der Waals surface area (Å²) < 4.78 is 0. The van der Waals surface area contributed by atoms with Gasteiger partial charge < -0.3 is 10.6 Å². The molecule has 0 radical (unpaired) electrons. The topological polar surface area (TPSA) is 69.8 Å². The van der Waals surface area contributed by atoms with Crippen molar-refractivity contribution in [3.05, 3.63) is 52.3 Å². The van der Waals surface area contributed by atoms with Crippen molar-refractivity contribution in [2.24, 2.45) is 0 Å². The SMILES string of the molecule is Cc1cccc(C2(CNC(=O)c3n[nH]c4c3CNCC4)CCCC2)c1. The van der Waals surface area contributed by atoms with Crippen LogP contribution in [-0.2, 0) is 18.4 Å². The molecule has 1 aliphatic heterocycles. The van der Waals surface area contributed by atoms with E-state index in [9.17, 15) is 4.79 Å². The van der Waals surface area contributed by atoms with Crippen molar-refractivity contribution < 1.29 is 4.79 Å². The minimum absolute atomic E-state index is 0.0554. The number of amides is 1. The van der Waals surface area contributed by atoms with Gasteiger partial charge in [0.15, 0.2) is 5.69 Å². The Bertz CT molecular complexity index is 774. The monoisotopic (exact) mass is 338 g/mol. The van der Waals surface area contributed by atoms with Crippen LogP contribution < -0.4 is 10.6 Å². The molecule has 1 aromatic heterocycles. The van der Waals surface area contributed by atoms with Gasteiger partial charge in [0.2, 0.25) is 0 Å². The van der Waals surface area contributed by atoms with Crippen LogP contribution in [0.15, 0.2) is 24.3 Å². The van der Waals surface area contributed by atoms with Gasteiger partial charge in [0.05, 0.1) is 0 Å². The van der Waals surface area contributed by atoms with Gasteiger partial charge >= 0.3 is 0 Å². The van der Waals surface area contributed by atoms with Crippen molar-refractivity contribution in [1.29, 1.82) is 0 Å². The van der Waals surface area contributed by atoms with Crippen molar-refractivity contribution in [3.8, 4) is 0 Å². The van der Waals surface area contributed by atoms with E-state index in [1.165, 1.54) is 24.0 Å². The molecule has 2 heterocycles. The van der Waals surface area contributed by atoms with E-state index in [1.807, 2.05) is 0 Å². The lowest BCUT2D eigenvalue weighted by Crippen LogP contribution is -2.39. The number of benzene rings is 1. The molecule has 0 saturated heterocycles. The number of hydrogen-bond acceptors (Lipinski definition) is 3. The highest BCUT2D eigenvalue weighted by Gasteiger charge is 2.36. The van der Waals surface area contributed by atoms with Gasteiger partial charge in [-0.25, -0.2) is 0 Å². The number of hydrogen-bond donors (Lipinski definition) is 3. The van der Waals surface area contributed by atoms with Crippen LogP contribution in [0.4, 0.5) is 0 Å². The Balaban J connectivity index is 1.52. The Morgan fingerprint density at radius 1 is 1.32 bits per heavy atom. The Labute approximate surface area is 148 Å². The second kappa shape index (κ2) is 6.64. The van der Waals surface area contributed by atoms with Crippen LogP contribution >= 0.6 is 0 Å². The molecule has 5 heteroatoms. The number of aromatic amines is 1. The first-order chi connectivity index (χ1) is 12.2. The predicted molar refractivity (Wildman–Crippen MR) is 97.7 cm³/mol. The Morgan fingerprint density at radius 2 is 2.16 bits per heavy atom. The van der Waals surface area contributed by atoms with E-state index in [0.29, 0.717) is 12.2 Å². The quantitative estimate of drug-likeness (QED) is 0.802. The lowest BCUT2D eigenvalue weighted by atomic mass is 9.78. The molecule has 3 N–H and O–H groups in total.